The van der Waals surface area contributed by atoms with E-state index in [9.17, 15) is 0 Å². The molecule has 0 aliphatic rings. The van der Waals surface area contributed by atoms with E-state index in [1.807, 2.05) is 41.2 Å². The van der Waals surface area contributed by atoms with Crippen LogP contribution in [0.15, 0.2) is 71.6 Å². The molecule has 0 aliphatic carbocycles. The molecule has 0 radical (unpaired) electrons. The average Bonchev–Trinajstić information content (AvgIpc) is 2.61. The molecule has 0 atom stereocenters. The topological polar surface area (TPSA) is 0 Å². The molecule has 0 unspecified atom stereocenters. The van der Waals surface area contributed by atoms with Crippen molar-refractivity contribution in [3.63, 3.8) is 0 Å². The third-order valence-electron chi connectivity index (χ3n) is 4.05. The van der Waals surface area contributed by atoms with Crippen LogP contribution >= 0.6 is 41.2 Å². The summed E-state index contributed by atoms with van der Waals surface area (Å²) in [5, 5.41) is 8.55. The Hall–Kier alpha value is -0.940. The lowest BCUT2D eigenvalue weighted by Gasteiger charge is -2.09. The first kappa shape index (κ1) is 17.5. The van der Waals surface area contributed by atoms with Crippen LogP contribution in [0, 0.1) is 0 Å². The summed E-state index contributed by atoms with van der Waals surface area (Å²) in [6, 6.07) is 24.5. The summed E-state index contributed by atoms with van der Waals surface area (Å²) in [6.45, 7) is 4.47. The molecule has 0 saturated carbocycles. The quantitative estimate of drug-likeness (QED) is 0.187. The molecule has 0 amide bonds. The van der Waals surface area contributed by atoms with Gasteiger partial charge in [-0.25, -0.2) is 0 Å². The Morgan fingerprint density at radius 3 is 2.00 bits per heavy atom. The van der Waals surface area contributed by atoms with Crippen LogP contribution in [0.3, 0.4) is 0 Å². The van der Waals surface area contributed by atoms with Crippen molar-refractivity contribution in [2.75, 3.05) is 0 Å². The molecule has 0 fully saturated rings. The third kappa shape index (κ3) is 3.92. The number of rotatable bonds is 5. The molecule has 0 aliphatic heterocycles. The Morgan fingerprint density at radius 2 is 1.28 bits per heavy atom. The van der Waals surface area contributed by atoms with Crippen LogP contribution in [0.5, 0.6) is 0 Å². The van der Waals surface area contributed by atoms with E-state index in [1.54, 1.807) is 0 Å². The molecule has 4 rings (SSSR count). The van der Waals surface area contributed by atoms with Gasteiger partial charge in [-0.3, -0.25) is 0 Å². The average molecular weight is 399 g/mol. The second-order valence-corrected chi connectivity index (χ2v) is 12.6. The first-order chi connectivity index (χ1) is 12.2. The maximum Gasteiger partial charge on any atom is 0.0270 e. The molecular formula is C21H18S4. The SMILES string of the molecule is CC(C)SSSSc1cccc2cc3cc4ccccc4cc3cc12. The van der Waals surface area contributed by atoms with Gasteiger partial charge in [0.1, 0.15) is 0 Å². The molecule has 0 bridgehead atoms. The molecule has 0 N–H and O–H groups in total. The van der Waals surface area contributed by atoms with Crippen molar-refractivity contribution < 1.29 is 0 Å². The smallest absolute Gasteiger partial charge is 0.0270 e. The minimum Gasteiger partial charge on any atom is -0.0789 e. The fourth-order valence-corrected chi connectivity index (χ4v) is 9.13. The van der Waals surface area contributed by atoms with E-state index in [1.165, 1.54) is 37.2 Å². The normalized spacial score (nSPS) is 11.8. The summed E-state index contributed by atoms with van der Waals surface area (Å²) in [5.74, 6) is 0. The van der Waals surface area contributed by atoms with E-state index in [2.05, 4.69) is 80.6 Å². The maximum atomic E-state index is 2.35. The Kier molecular flexibility index (Phi) is 5.41. The number of hydrogen-bond acceptors (Lipinski definition) is 4. The van der Waals surface area contributed by atoms with Gasteiger partial charge in [0.05, 0.1) is 0 Å². The van der Waals surface area contributed by atoms with Crippen molar-refractivity contribution in [2.45, 2.75) is 24.0 Å². The number of fused-ring (bicyclic) bond motifs is 3. The largest absolute Gasteiger partial charge is 0.0789 e. The van der Waals surface area contributed by atoms with Gasteiger partial charge in [-0.2, -0.15) is 0 Å². The maximum absolute atomic E-state index is 2.35. The van der Waals surface area contributed by atoms with Gasteiger partial charge in [-0.05, 0) is 93.1 Å². The molecule has 25 heavy (non-hydrogen) atoms. The van der Waals surface area contributed by atoms with E-state index < -0.39 is 0 Å². The van der Waals surface area contributed by atoms with Crippen LogP contribution in [0.25, 0.3) is 32.3 Å². The molecule has 0 spiro atoms. The third-order valence-corrected chi connectivity index (χ3v) is 10.8. The predicted octanol–water partition coefficient (Wildman–Crippen LogP) is 8.59. The molecule has 4 heteroatoms. The van der Waals surface area contributed by atoms with Gasteiger partial charge >= 0.3 is 0 Å². The summed E-state index contributed by atoms with van der Waals surface area (Å²) in [7, 11) is 7.50. The van der Waals surface area contributed by atoms with Crippen LogP contribution in [0.1, 0.15) is 13.8 Å². The fraction of sp³-hybridized carbons (Fsp3) is 0.143. The molecule has 4 aromatic rings. The summed E-state index contributed by atoms with van der Waals surface area (Å²) in [4.78, 5) is 1.34. The molecule has 0 saturated heterocycles. The predicted molar refractivity (Wildman–Crippen MR) is 123 cm³/mol. The zero-order chi connectivity index (χ0) is 17.2. The second kappa shape index (κ2) is 7.75. The molecule has 4 aromatic carbocycles. The Labute approximate surface area is 163 Å². The first-order valence-corrected chi connectivity index (χ1v) is 13.1. The highest BCUT2D eigenvalue weighted by atomic mass is 33.7. The van der Waals surface area contributed by atoms with E-state index in [0.717, 1.165) is 0 Å². The van der Waals surface area contributed by atoms with Gasteiger partial charge in [-0.1, -0.05) is 61.0 Å². The number of benzene rings is 4. The first-order valence-electron chi connectivity index (χ1n) is 8.23. The second-order valence-electron chi connectivity index (χ2n) is 6.24. The van der Waals surface area contributed by atoms with Crippen molar-refractivity contribution >= 4 is 73.6 Å². The van der Waals surface area contributed by atoms with E-state index in [0.29, 0.717) is 5.25 Å². The molecule has 0 aromatic heterocycles. The van der Waals surface area contributed by atoms with E-state index in [4.69, 9.17) is 0 Å². The minimum atomic E-state index is 0.655. The Morgan fingerprint density at radius 1 is 0.640 bits per heavy atom. The van der Waals surface area contributed by atoms with E-state index >= 15 is 0 Å². The summed E-state index contributed by atoms with van der Waals surface area (Å²) >= 11 is 0. The summed E-state index contributed by atoms with van der Waals surface area (Å²) < 4.78 is 0. The molecular weight excluding hydrogens is 380 g/mol. The lowest BCUT2D eigenvalue weighted by atomic mass is 10.00. The van der Waals surface area contributed by atoms with Gasteiger partial charge in [0.25, 0.3) is 0 Å². The van der Waals surface area contributed by atoms with Gasteiger partial charge in [0.2, 0.25) is 0 Å². The fourth-order valence-electron chi connectivity index (χ4n) is 2.91. The van der Waals surface area contributed by atoms with Crippen LogP contribution in [-0.2, 0) is 0 Å². The lowest BCUT2D eigenvalue weighted by Crippen LogP contribution is -1.81. The highest BCUT2D eigenvalue weighted by Gasteiger charge is 2.06. The van der Waals surface area contributed by atoms with Gasteiger partial charge in [0, 0.05) is 10.1 Å². The molecule has 0 nitrogen and oxygen atoms in total. The van der Waals surface area contributed by atoms with Crippen LogP contribution in [0.2, 0.25) is 0 Å². The van der Waals surface area contributed by atoms with Crippen LogP contribution < -0.4 is 0 Å². The van der Waals surface area contributed by atoms with Crippen molar-refractivity contribution in [1.82, 2.24) is 0 Å². The lowest BCUT2D eigenvalue weighted by molar-refractivity contribution is 1.12. The van der Waals surface area contributed by atoms with Crippen molar-refractivity contribution in [3.05, 3.63) is 66.7 Å². The summed E-state index contributed by atoms with van der Waals surface area (Å²) in [6.07, 6.45) is 0. The highest BCUT2D eigenvalue weighted by Crippen LogP contribution is 2.49. The zero-order valence-corrected chi connectivity index (χ0v) is 17.3. The summed E-state index contributed by atoms with van der Waals surface area (Å²) in [5.41, 5.74) is 0. The minimum absolute atomic E-state index is 0.655. The molecule has 126 valence electrons. The van der Waals surface area contributed by atoms with Crippen molar-refractivity contribution in [3.8, 4) is 0 Å². The Balaban J connectivity index is 1.74. The monoisotopic (exact) mass is 398 g/mol. The van der Waals surface area contributed by atoms with Crippen LogP contribution in [0.4, 0.5) is 0 Å². The van der Waals surface area contributed by atoms with Crippen LogP contribution in [-0.4, -0.2) is 5.25 Å². The zero-order valence-electron chi connectivity index (χ0n) is 14.1. The van der Waals surface area contributed by atoms with Gasteiger partial charge < -0.3 is 0 Å². The van der Waals surface area contributed by atoms with E-state index in [-0.39, 0.29) is 0 Å². The highest BCUT2D eigenvalue weighted by molar-refractivity contribution is 9.26. The van der Waals surface area contributed by atoms with Crippen molar-refractivity contribution in [2.24, 2.45) is 0 Å². The van der Waals surface area contributed by atoms with Gasteiger partial charge in [0.15, 0.2) is 0 Å². The molecule has 0 heterocycles. The standard InChI is InChI=1S/C21H18S4/c1-14(2)22-24-25-23-21-9-5-8-17-12-18-10-15-6-3-4-7-16(15)11-19(18)13-20(17)21/h3-14H,1-2H3. The van der Waals surface area contributed by atoms with Gasteiger partial charge in [-0.15, -0.1) is 0 Å². The number of hydrogen-bond donors (Lipinski definition) is 0. The Bertz CT molecular complexity index is 1040. The van der Waals surface area contributed by atoms with Crippen molar-refractivity contribution in [1.29, 1.82) is 0 Å².